The van der Waals surface area contributed by atoms with Crippen molar-refractivity contribution >= 4 is 41.3 Å². The second kappa shape index (κ2) is 9.09. The predicted molar refractivity (Wildman–Crippen MR) is 116 cm³/mol. The summed E-state index contributed by atoms with van der Waals surface area (Å²) in [6.45, 7) is 2.46. The summed E-state index contributed by atoms with van der Waals surface area (Å²) in [5.41, 5.74) is -0.0524. The van der Waals surface area contributed by atoms with Crippen LogP contribution in [-0.2, 0) is 18.9 Å². The quantitative estimate of drug-likeness (QED) is 0.719. The zero-order valence-corrected chi connectivity index (χ0v) is 18.3. The summed E-state index contributed by atoms with van der Waals surface area (Å²) in [4.78, 5) is 24.8. The summed E-state index contributed by atoms with van der Waals surface area (Å²) >= 11 is 12.1. The van der Waals surface area contributed by atoms with Crippen molar-refractivity contribution < 1.29 is 9.53 Å². The van der Waals surface area contributed by atoms with E-state index in [1.807, 2.05) is 19.1 Å². The van der Waals surface area contributed by atoms with Crippen LogP contribution in [-0.4, -0.2) is 27.7 Å². The van der Waals surface area contributed by atoms with Crippen LogP contribution in [0.15, 0.2) is 23.0 Å². The van der Waals surface area contributed by atoms with E-state index in [0.717, 1.165) is 23.5 Å². The summed E-state index contributed by atoms with van der Waals surface area (Å²) in [5, 5.41) is 5.67. The molecule has 1 aliphatic rings. The van der Waals surface area contributed by atoms with Crippen molar-refractivity contribution in [3.05, 3.63) is 49.4 Å². The third-order valence-electron chi connectivity index (χ3n) is 5.11. The number of halogens is 2. The van der Waals surface area contributed by atoms with Crippen LogP contribution in [0.2, 0.25) is 10.0 Å². The first-order valence-electron chi connectivity index (χ1n) is 9.65. The first-order valence-corrected chi connectivity index (χ1v) is 10.4. The second-order valence-corrected chi connectivity index (χ2v) is 8.10. The molecule has 1 aromatic carbocycles. The van der Waals surface area contributed by atoms with Crippen molar-refractivity contribution in [2.75, 3.05) is 6.54 Å². The molecule has 156 valence electrons. The highest BCUT2D eigenvalue weighted by molar-refractivity contribution is 6.35. The van der Waals surface area contributed by atoms with Gasteiger partial charge in [-0.1, -0.05) is 48.7 Å². The molecular formula is C21H25Cl2N3O3. The Hall–Kier alpha value is -2.18. The van der Waals surface area contributed by atoms with Gasteiger partial charge in [-0.2, -0.15) is 0 Å². The highest BCUT2D eigenvalue weighted by Gasteiger charge is 2.22. The predicted octanol–water partition coefficient (Wildman–Crippen LogP) is 1.98. The van der Waals surface area contributed by atoms with E-state index in [2.05, 4.69) is 5.32 Å². The van der Waals surface area contributed by atoms with Gasteiger partial charge in [-0.15, -0.1) is 0 Å². The number of rotatable bonds is 7. The van der Waals surface area contributed by atoms with Crippen molar-refractivity contribution in [3.8, 4) is 5.75 Å². The van der Waals surface area contributed by atoms with Gasteiger partial charge in [-0.25, -0.2) is 4.79 Å². The average molecular weight is 438 g/mol. The Bertz CT molecular complexity index is 1090. The van der Waals surface area contributed by atoms with Gasteiger partial charge in [0.15, 0.2) is 6.10 Å². The summed E-state index contributed by atoms with van der Waals surface area (Å²) in [5.74, 6) is 0.367. The molecule has 0 bridgehead atoms. The number of hydrogen-bond acceptors (Lipinski definition) is 3. The minimum Gasteiger partial charge on any atom is -0.479 e. The third-order valence-corrected chi connectivity index (χ3v) is 5.64. The monoisotopic (exact) mass is 437 g/mol. The molecule has 0 fully saturated rings. The van der Waals surface area contributed by atoms with Gasteiger partial charge < -0.3 is 10.1 Å². The van der Waals surface area contributed by atoms with Gasteiger partial charge in [0, 0.05) is 31.6 Å². The summed E-state index contributed by atoms with van der Waals surface area (Å²) in [6.07, 6.45) is 5.57. The van der Waals surface area contributed by atoms with Gasteiger partial charge in [0.25, 0.3) is 5.91 Å². The zero-order chi connectivity index (χ0) is 21.1. The number of ether oxygens (including phenoxy) is 1. The molecular weight excluding hydrogens is 413 g/mol. The molecule has 1 amide bonds. The SMILES string of the molecule is CCCC(Oc1ccc(Cl)cc1Cl)C(=O)NCC1C=c2c(n(C)c(=O)n2C)=CC1. The molecule has 1 N–H and O–H groups in total. The van der Waals surface area contributed by atoms with E-state index in [0.29, 0.717) is 28.8 Å². The summed E-state index contributed by atoms with van der Waals surface area (Å²) < 4.78 is 9.14. The number of hydrogen-bond donors (Lipinski definition) is 1. The van der Waals surface area contributed by atoms with Crippen LogP contribution in [0.1, 0.15) is 26.2 Å². The van der Waals surface area contributed by atoms with Gasteiger partial charge in [0.05, 0.1) is 15.7 Å². The molecule has 0 spiro atoms. The van der Waals surface area contributed by atoms with Crippen molar-refractivity contribution in [1.82, 2.24) is 14.5 Å². The van der Waals surface area contributed by atoms with Crippen LogP contribution in [0.4, 0.5) is 0 Å². The van der Waals surface area contributed by atoms with Crippen LogP contribution in [0.25, 0.3) is 12.2 Å². The van der Waals surface area contributed by atoms with Crippen molar-refractivity contribution in [2.24, 2.45) is 20.0 Å². The second-order valence-electron chi connectivity index (χ2n) is 7.25. The Balaban J connectivity index is 1.68. The van der Waals surface area contributed by atoms with Crippen LogP contribution in [0, 0.1) is 5.92 Å². The fraction of sp³-hybridized carbons (Fsp3) is 0.429. The Morgan fingerprint density at radius 3 is 2.69 bits per heavy atom. The fourth-order valence-electron chi connectivity index (χ4n) is 3.49. The molecule has 6 nitrogen and oxygen atoms in total. The topological polar surface area (TPSA) is 65.3 Å². The number of carbonyl (C=O) groups is 1. The van der Waals surface area contributed by atoms with E-state index in [-0.39, 0.29) is 17.5 Å². The van der Waals surface area contributed by atoms with E-state index < -0.39 is 6.10 Å². The van der Waals surface area contributed by atoms with E-state index in [1.165, 1.54) is 0 Å². The van der Waals surface area contributed by atoms with E-state index in [9.17, 15) is 9.59 Å². The van der Waals surface area contributed by atoms with Crippen LogP contribution in [0.5, 0.6) is 5.75 Å². The van der Waals surface area contributed by atoms with E-state index in [1.54, 1.807) is 41.4 Å². The van der Waals surface area contributed by atoms with Crippen LogP contribution in [0.3, 0.4) is 0 Å². The van der Waals surface area contributed by atoms with Gasteiger partial charge in [0.1, 0.15) is 5.75 Å². The van der Waals surface area contributed by atoms with Crippen molar-refractivity contribution in [2.45, 2.75) is 32.3 Å². The molecule has 1 aromatic heterocycles. The molecule has 2 aromatic rings. The molecule has 1 heterocycles. The van der Waals surface area contributed by atoms with Gasteiger partial charge in [-0.05, 0) is 31.0 Å². The Labute approximate surface area is 179 Å². The minimum atomic E-state index is -0.636. The fourth-order valence-corrected chi connectivity index (χ4v) is 3.94. The highest BCUT2D eigenvalue weighted by Crippen LogP contribution is 2.29. The maximum atomic E-state index is 12.7. The lowest BCUT2D eigenvalue weighted by Gasteiger charge is -2.21. The number of nitrogens with one attached hydrogen (secondary N) is 1. The van der Waals surface area contributed by atoms with Crippen molar-refractivity contribution in [3.63, 3.8) is 0 Å². The molecule has 2 atom stereocenters. The lowest BCUT2D eigenvalue weighted by atomic mass is 10.0. The third kappa shape index (κ3) is 4.70. The largest absolute Gasteiger partial charge is 0.479 e. The first-order chi connectivity index (χ1) is 13.8. The molecule has 2 unspecified atom stereocenters. The average Bonchev–Trinajstić information content (AvgIpc) is 2.91. The number of fused-ring (bicyclic) bond motifs is 1. The Kier molecular flexibility index (Phi) is 6.75. The molecule has 29 heavy (non-hydrogen) atoms. The van der Waals surface area contributed by atoms with Crippen LogP contribution >= 0.6 is 23.2 Å². The number of benzene rings is 1. The summed E-state index contributed by atoms with van der Waals surface area (Å²) in [7, 11) is 3.52. The van der Waals surface area contributed by atoms with E-state index >= 15 is 0 Å². The smallest absolute Gasteiger partial charge is 0.328 e. The molecule has 3 rings (SSSR count). The van der Waals surface area contributed by atoms with Gasteiger partial charge >= 0.3 is 5.69 Å². The lowest BCUT2D eigenvalue weighted by Crippen LogP contribution is -2.42. The lowest BCUT2D eigenvalue weighted by molar-refractivity contribution is -0.128. The Morgan fingerprint density at radius 1 is 1.28 bits per heavy atom. The number of amides is 1. The molecule has 0 saturated carbocycles. The standard InChI is InChI=1S/C21H25Cl2N3O3/c1-4-5-19(29-18-9-7-14(22)11-15(18)23)20(27)24-12-13-6-8-16-17(10-13)26(3)21(28)25(16)2/h7-11,13,19H,4-6,12H2,1-3H3,(H,24,27). The number of aromatic nitrogens is 2. The van der Waals surface area contributed by atoms with Gasteiger partial charge in [0.2, 0.25) is 0 Å². The maximum Gasteiger partial charge on any atom is 0.328 e. The highest BCUT2D eigenvalue weighted by atomic mass is 35.5. The number of nitrogens with zero attached hydrogens (tertiary/aromatic N) is 2. The molecule has 0 radical (unpaired) electrons. The van der Waals surface area contributed by atoms with Crippen molar-refractivity contribution in [1.29, 1.82) is 0 Å². The normalized spacial score (nSPS) is 16.4. The maximum absolute atomic E-state index is 12.7. The molecule has 8 heteroatoms. The molecule has 1 aliphatic carbocycles. The molecule has 0 saturated heterocycles. The minimum absolute atomic E-state index is 0.0524. The molecule has 0 aliphatic heterocycles. The number of imidazole rings is 1. The number of carbonyl (C=O) groups excluding carboxylic acids is 1. The Morgan fingerprint density at radius 2 is 2.00 bits per heavy atom. The first kappa shape index (κ1) is 21.5. The summed E-state index contributed by atoms with van der Waals surface area (Å²) in [6, 6.07) is 4.94. The van der Waals surface area contributed by atoms with Crippen LogP contribution < -0.4 is 26.4 Å². The van der Waals surface area contributed by atoms with Gasteiger partial charge in [-0.3, -0.25) is 13.9 Å². The van der Waals surface area contributed by atoms with E-state index in [4.69, 9.17) is 27.9 Å². The zero-order valence-electron chi connectivity index (χ0n) is 16.7.